The summed E-state index contributed by atoms with van der Waals surface area (Å²) in [5.74, 6) is 0. The highest BCUT2D eigenvalue weighted by molar-refractivity contribution is 9.10. The van der Waals surface area contributed by atoms with Crippen LogP contribution in [0.15, 0.2) is 27.6 Å². The van der Waals surface area contributed by atoms with Gasteiger partial charge in [0, 0.05) is 12.6 Å². The Kier molecular flexibility index (Phi) is 3.99. The van der Waals surface area contributed by atoms with Crippen molar-refractivity contribution >= 4 is 21.6 Å². The van der Waals surface area contributed by atoms with Crippen LogP contribution < -0.4 is 10.9 Å². The molecule has 0 saturated carbocycles. The minimum atomic E-state index is -0.0668. The van der Waals surface area contributed by atoms with E-state index in [0.717, 1.165) is 24.9 Å². The van der Waals surface area contributed by atoms with Crippen LogP contribution in [-0.2, 0) is 6.54 Å². The zero-order valence-corrected chi connectivity index (χ0v) is 11.4. The predicted octanol–water partition coefficient (Wildman–Crippen LogP) is 2.55. The van der Waals surface area contributed by atoms with E-state index in [4.69, 9.17) is 0 Å². The SMILES string of the molecule is CCCn1ncc(NC2CC=CC2)c(Br)c1=O. The van der Waals surface area contributed by atoms with Gasteiger partial charge in [0.15, 0.2) is 0 Å². The van der Waals surface area contributed by atoms with E-state index in [9.17, 15) is 4.79 Å². The molecule has 1 aliphatic carbocycles. The fourth-order valence-electron chi connectivity index (χ4n) is 1.89. The summed E-state index contributed by atoms with van der Waals surface area (Å²) < 4.78 is 2.06. The van der Waals surface area contributed by atoms with Gasteiger partial charge in [-0.05, 0) is 35.2 Å². The van der Waals surface area contributed by atoms with Crippen LogP contribution in [0.25, 0.3) is 0 Å². The number of rotatable bonds is 4. The van der Waals surface area contributed by atoms with Crippen molar-refractivity contribution in [2.45, 2.75) is 38.8 Å². The molecule has 4 nitrogen and oxygen atoms in total. The van der Waals surface area contributed by atoms with Crippen molar-refractivity contribution in [2.75, 3.05) is 5.32 Å². The third kappa shape index (κ3) is 2.77. The Morgan fingerprint density at radius 3 is 2.88 bits per heavy atom. The minimum absolute atomic E-state index is 0.0668. The fourth-order valence-corrected chi connectivity index (χ4v) is 2.31. The highest BCUT2D eigenvalue weighted by Crippen LogP contribution is 2.21. The summed E-state index contributed by atoms with van der Waals surface area (Å²) in [6.07, 6.45) is 8.93. The molecule has 0 spiro atoms. The smallest absolute Gasteiger partial charge is 0.283 e. The van der Waals surface area contributed by atoms with Crippen molar-refractivity contribution in [3.05, 3.63) is 33.2 Å². The molecule has 0 fully saturated rings. The standard InChI is InChI=1S/C12H16BrN3O/c1-2-7-16-12(17)11(13)10(8-14-16)15-9-5-3-4-6-9/h3-4,8-9,15H,2,5-7H2,1H3. The average molecular weight is 298 g/mol. The number of anilines is 1. The highest BCUT2D eigenvalue weighted by atomic mass is 79.9. The van der Waals surface area contributed by atoms with Crippen molar-refractivity contribution < 1.29 is 0 Å². The van der Waals surface area contributed by atoms with Gasteiger partial charge < -0.3 is 5.32 Å². The molecule has 1 aromatic heterocycles. The zero-order valence-electron chi connectivity index (χ0n) is 9.82. The van der Waals surface area contributed by atoms with Gasteiger partial charge in [0.05, 0.1) is 11.9 Å². The first kappa shape index (κ1) is 12.4. The van der Waals surface area contributed by atoms with E-state index >= 15 is 0 Å². The highest BCUT2D eigenvalue weighted by Gasteiger charge is 2.14. The summed E-state index contributed by atoms with van der Waals surface area (Å²) in [5, 5.41) is 7.50. The molecule has 5 heteroatoms. The summed E-state index contributed by atoms with van der Waals surface area (Å²) >= 11 is 3.35. The molecule has 0 aromatic carbocycles. The van der Waals surface area contributed by atoms with Crippen LogP contribution in [-0.4, -0.2) is 15.8 Å². The van der Waals surface area contributed by atoms with Crippen LogP contribution in [0.3, 0.4) is 0 Å². The van der Waals surface area contributed by atoms with Gasteiger partial charge in [-0.1, -0.05) is 19.1 Å². The lowest BCUT2D eigenvalue weighted by atomic mass is 10.2. The van der Waals surface area contributed by atoms with Crippen LogP contribution in [0, 0.1) is 0 Å². The lowest BCUT2D eigenvalue weighted by molar-refractivity contribution is 0.565. The largest absolute Gasteiger partial charge is 0.379 e. The number of nitrogens with zero attached hydrogens (tertiary/aromatic N) is 2. The van der Waals surface area contributed by atoms with Crippen molar-refractivity contribution in [3.63, 3.8) is 0 Å². The summed E-state index contributed by atoms with van der Waals surface area (Å²) in [4.78, 5) is 12.0. The second kappa shape index (κ2) is 5.49. The molecule has 1 heterocycles. The molecule has 1 aromatic rings. The Morgan fingerprint density at radius 1 is 1.53 bits per heavy atom. The van der Waals surface area contributed by atoms with E-state index in [0.29, 0.717) is 17.1 Å². The number of hydrogen-bond donors (Lipinski definition) is 1. The topological polar surface area (TPSA) is 46.9 Å². The molecule has 0 unspecified atom stereocenters. The number of aryl methyl sites for hydroxylation is 1. The molecule has 0 amide bonds. The van der Waals surface area contributed by atoms with E-state index < -0.39 is 0 Å². The molecule has 17 heavy (non-hydrogen) atoms. The maximum Gasteiger partial charge on any atom is 0.283 e. The summed E-state index contributed by atoms with van der Waals surface area (Å²) in [6, 6.07) is 0.384. The van der Waals surface area contributed by atoms with Crippen LogP contribution >= 0.6 is 15.9 Å². The van der Waals surface area contributed by atoms with Crippen molar-refractivity contribution in [2.24, 2.45) is 0 Å². The van der Waals surface area contributed by atoms with Crippen molar-refractivity contribution in [3.8, 4) is 0 Å². The molecule has 0 radical (unpaired) electrons. The van der Waals surface area contributed by atoms with E-state index in [1.54, 1.807) is 6.20 Å². The molecule has 1 N–H and O–H groups in total. The maximum atomic E-state index is 12.0. The van der Waals surface area contributed by atoms with Crippen LogP contribution in [0.4, 0.5) is 5.69 Å². The fraction of sp³-hybridized carbons (Fsp3) is 0.500. The van der Waals surface area contributed by atoms with Gasteiger partial charge in [0.1, 0.15) is 4.47 Å². The summed E-state index contributed by atoms with van der Waals surface area (Å²) in [6.45, 7) is 2.68. The van der Waals surface area contributed by atoms with E-state index in [1.807, 2.05) is 6.92 Å². The van der Waals surface area contributed by atoms with Crippen LogP contribution in [0.2, 0.25) is 0 Å². The van der Waals surface area contributed by atoms with Gasteiger partial charge in [-0.2, -0.15) is 5.10 Å². The molecule has 0 bridgehead atoms. The van der Waals surface area contributed by atoms with Gasteiger partial charge in [-0.3, -0.25) is 4.79 Å². The Morgan fingerprint density at radius 2 is 2.24 bits per heavy atom. The quantitative estimate of drug-likeness (QED) is 0.869. The van der Waals surface area contributed by atoms with Gasteiger partial charge >= 0.3 is 0 Å². The molecule has 1 aliphatic rings. The lowest BCUT2D eigenvalue weighted by Crippen LogP contribution is -2.26. The normalized spacial score (nSPS) is 15.4. The average Bonchev–Trinajstić information content (AvgIpc) is 2.82. The van der Waals surface area contributed by atoms with E-state index in [2.05, 4.69) is 38.5 Å². The molecular formula is C12H16BrN3O. The molecule has 2 rings (SSSR count). The van der Waals surface area contributed by atoms with Gasteiger partial charge in [-0.25, -0.2) is 4.68 Å². The Bertz CT molecular complexity index is 473. The maximum absolute atomic E-state index is 12.0. The minimum Gasteiger partial charge on any atom is -0.379 e. The van der Waals surface area contributed by atoms with Crippen molar-refractivity contribution in [1.29, 1.82) is 0 Å². The van der Waals surface area contributed by atoms with Crippen LogP contribution in [0.1, 0.15) is 26.2 Å². The number of aromatic nitrogens is 2. The monoisotopic (exact) mass is 297 g/mol. The third-order valence-electron chi connectivity index (χ3n) is 2.79. The Balaban J connectivity index is 2.18. The predicted molar refractivity (Wildman–Crippen MR) is 72.3 cm³/mol. The first-order valence-corrected chi connectivity index (χ1v) is 6.68. The molecule has 0 saturated heterocycles. The Labute approximate surface area is 109 Å². The summed E-state index contributed by atoms with van der Waals surface area (Å²) in [5.41, 5.74) is 0.721. The second-order valence-electron chi connectivity index (χ2n) is 4.18. The van der Waals surface area contributed by atoms with Crippen molar-refractivity contribution in [1.82, 2.24) is 9.78 Å². The second-order valence-corrected chi connectivity index (χ2v) is 4.98. The van der Waals surface area contributed by atoms with Gasteiger partial charge in [0.2, 0.25) is 0 Å². The molecule has 0 aliphatic heterocycles. The van der Waals surface area contributed by atoms with Gasteiger partial charge in [-0.15, -0.1) is 0 Å². The third-order valence-corrected chi connectivity index (χ3v) is 3.55. The molecule has 92 valence electrons. The zero-order chi connectivity index (χ0) is 12.3. The lowest BCUT2D eigenvalue weighted by Gasteiger charge is -2.15. The first-order chi connectivity index (χ1) is 8.22. The van der Waals surface area contributed by atoms with E-state index in [1.165, 1.54) is 4.68 Å². The number of halogens is 1. The molecular weight excluding hydrogens is 282 g/mol. The number of hydrogen-bond acceptors (Lipinski definition) is 3. The molecule has 0 atom stereocenters. The van der Waals surface area contributed by atoms with Gasteiger partial charge in [0.25, 0.3) is 5.56 Å². The number of nitrogens with one attached hydrogen (secondary N) is 1. The first-order valence-electron chi connectivity index (χ1n) is 5.89. The Hall–Kier alpha value is -1.10. The summed E-state index contributed by atoms with van der Waals surface area (Å²) in [7, 11) is 0. The van der Waals surface area contributed by atoms with Crippen LogP contribution in [0.5, 0.6) is 0 Å². The van der Waals surface area contributed by atoms with E-state index in [-0.39, 0.29) is 5.56 Å².